The maximum absolute atomic E-state index is 11.5. The van der Waals surface area contributed by atoms with Crippen LogP contribution in [0.5, 0.6) is 11.5 Å². The van der Waals surface area contributed by atoms with Crippen molar-refractivity contribution in [2.24, 2.45) is 5.92 Å². The van der Waals surface area contributed by atoms with E-state index in [1.165, 1.54) is 19.3 Å². The van der Waals surface area contributed by atoms with Crippen LogP contribution in [0.3, 0.4) is 0 Å². The summed E-state index contributed by atoms with van der Waals surface area (Å²) in [7, 11) is 0. The lowest BCUT2D eigenvalue weighted by molar-refractivity contribution is -0.137. The number of hydrogen-bond donors (Lipinski definition) is 3. The molecule has 2 aromatic rings. The summed E-state index contributed by atoms with van der Waals surface area (Å²) < 4.78 is 0. The fourth-order valence-electron chi connectivity index (χ4n) is 4.25. The van der Waals surface area contributed by atoms with Gasteiger partial charge in [0.15, 0.2) is 0 Å². The van der Waals surface area contributed by atoms with Crippen LogP contribution < -0.4 is 0 Å². The number of phenols is 2. The van der Waals surface area contributed by atoms with Crippen molar-refractivity contribution in [3.05, 3.63) is 59.7 Å². The van der Waals surface area contributed by atoms with Crippen LogP contribution in [0.25, 0.3) is 0 Å². The molecule has 0 heterocycles. The van der Waals surface area contributed by atoms with Crippen molar-refractivity contribution in [1.82, 2.24) is 0 Å². The molecule has 2 rings (SSSR count). The zero-order chi connectivity index (χ0) is 21.3. The van der Waals surface area contributed by atoms with Crippen LogP contribution in [0.4, 0.5) is 0 Å². The summed E-state index contributed by atoms with van der Waals surface area (Å²) in [6.45, 7) is 4.43. The van der Waals surface area contributed by atoms with E-state index in [9.17, 15) is 20.1 Å². The molecular weight excluding hydrogens is 364 g/mol. The maximum Gasteiger partial charge on any atom is 0.303 e. The van der Waals surface area contributed by atoms with Gasteiger partial charge in [-0.1, -0.05) is 63.8 Å². The van der Waals surface area contributed by atoms with E-state index in [2.05, 4.69) is 13.8 Å². The lowest BCUT2D eigenvalue weighted by Gasteiger charge is -2.36. The highest BCUT2D eigenvalue weighted by Crippen LogP contribution is 2.43. The monoisotopic (exact) mass is 398 g/mol. The van der Waals surface area contributed by atoms with Crippen LogP contribution in [0.15, 0.2) is 48.5 Å². The minimum absolute atomic E-state index is 0.0630. The molecule has 3 N–H and O–H groups in total. The number of carbonyl (C=O) groups is 1. The maximum atomic E-state index is 11.5. The molecule has 1 atom stereocenters. The van der Waals surface area contributed by atoms with E-state index in [4.69, 9.17) is 0 Å². The Labute approximate surface area is 174 Å². The number of unbranched alkanes of at least 4 members (excludes halogenated alkanes) is 1. The largest absolute Gasteiger partial charge is 0.508 e. The van der Waals surface area contributed by atoms with Crippen molar-refractivity contribution < 1.29 is 20.1 Å². The van der Waals surface area contributed by atoms with Crippen LogP contribution in [0, 0.1) is 5.92 Å². The number of carboxylic acids is 1. The topological polar surface area (TPSA) is 77.8 Å². The minimum Gasteiger partial charge on any atom is -0.508 e. The summed E-state index contributed by atoms with van der Waals surface area (Å²) in [5, 5.41) is 29.0. The molecule has 0 aliphatic carbocycles. The summed E-state index contributed by atoms with van der Waals surface area (Å²) in [5.74, 6) is 0.181. The number of phenolic OH excluding ortho intramolecular Hbond substituents is 2. The smallest absolute Gasteiger partial charge is 0.303 e. The van der Waals surface area contributed by atoms with E-state index in [1.807, 2.05) is 24.3 Å². The van der Waals surface area contributed by atoms with E-state index in [1.54, 1.807) is 24.3 Å². The van der Waals surface area contributed by atoms with Crippen LogP contribution in [-0.4, -0.2) is 21.3 Å². The van der Waals surface area contributed by atoms with Crippen molar-refractivity contribution in [2.45, 2.75) is 70.6 Å². The van der Waals surface area contributed by atoms with E-state index in [0.717, 1.165) is 30.4 Å². The third-order valence-corrected chi connectivity index (χ3v) is 6.13. The molecule has 0 radical (unpaired) electrons. The lowest BCUT2D eigenvalue weighted by Crippen LogP contribution is -2.30. The Morgan fingerprint density at radius 3 is 1.79 bits per heavy atom. The van der Waals surface area contributed by atoms with E-state index in [-0.39, 0.29) is 17.9 Å². The second kappa shape index (κ2) is 10.9. The van der Waals surface area contributed by atoms with Crippen molar-refractivity contribution in [1.29, 1.82) is 0 Å². The SMILES string of the molecule is CCCCC(CC)CCC(CCC(=O)O)(c1ccc(O)cc1)c1ccc(O)cc1. The van der Waals surface area contributed by atoms with Gasteiger partial charge >= 0.3 is 5.97 Å². The third-order valence-electron chi connectivity index (χ3n) is 6.13. The second-order valence-corrected chi connectivity index (χ2v) is 8.02. The van der Waals surface area contributed by atoms with Gasteiger partial charge in [0, 0.05) is 11.8 Å². The molecule has 4 nitrogen and oxygen atoms in total. The Morgan fingerprint density at radius 2 is 1.38 bits per heavy atom. The lowest BCUT2D eigenvalue weighted by atomic mass is 9.67. The Morgan fingerprint density at radius 1 is 0.862 bits per heavy atom. The molecule has 0 fully saturated rings. The molecule has 0 saturated heterocycles. The van der Waals surface area contributed by atoms with Crippen LogP contribution in [0.1, 0.15) is 76.3 Å². The zero-order valence-corrected chi connectivity index (χ0v) is 17.6. The fourth-order valence-corrected chi connectivity index (χ4v) is 4.25. The number of carboxylic acid groups (broad SMARTS) is 1. The average Bonchev–Trinajstić information content (AvgIpc) is 2.72. The Balaban J connectivity index is 2.47. The summed E-state index contributed by atoms with van der Waals surface area (Å²) in [5.41, 5.74) is 1.54. The normalized spacial score (nSPS) is 12.6. The number of rotatable bonds is 12. The predicted molar refractivity (Wildman–Crippen MR) is 116 cm³/mol. The highest BCUT2D eigenvalue weighted by molar-refractivity contribution is 5.67. The first-order valence-electron chi connectivity index (χ1n) is 10.7. The molecule has 4 heteroatoms. The van der Waals surface area contributed by atoms with Gasteiger partial charge in [0.05, 0.1) is 0 Å². The van der Waals surface area contributed by atoms with Gasteiger partial charge in [-0.15, -0.1) is 0 Å². The number of aliphatic carboxylic acids is 1. The van der Waals surface area contributed by atoms with Gasteiger partial charge in [0.25, 0.3) is 0 Å². The van der Waals surface area contributed by atoms with Crippen molar-refractivity contribution in [2.75, 3.05) is 0 Å². The molecule has 2 aromatic carbocycles. The first-order valence-corrected chi connectivity index (χ1v) is 10.7. The van der Waals surface area contributed by atoms with Crippen LogP contribution in [-0.2, 0) is 10.2 Å². The highest BCUT2D eigenvalue weighted by Gasteiger charge is 2.35. The third kappa shape index (κ3) is 6.25. The van der Waals surface area contributed by atoms with Crippen LogP contribution >= 0.6 is 0 Å². The molecule has 0 saturated carbocycles. The molecule has 0 aliphatic rings. The van der Waals surface area contributed by atoms with Gasteiger partial charge in [-0.05, 0) is 60.6 Å². The number of hydrogen-bond acceptors (Lipinski definition) is 3. The van der Waals surface area contributed by atoms with Gasteiger partial charge in [-0.3, -0.25) is 4.79 Å². The van der Waals surface area contributed by atoms with E-state index in [0.29, 0.717) is 12.3 Å². The Kier molecular flexibility index (Phi) is 8.56. The quantitative estimate of drug-likeness (QED) is 0.395. The second-order valence-electron chi connectivity index (χ2n) is 8.02. The minimum atomic E-state index is -0.815. The molecule has 158 valence electrons. The molecule has 0 bridgehead atoms. The number of aromatic hydroxyl groups is 2. The first kappa shape index (κ1) is 22.8. The van der Waals surface area contributed by atoms with E-state index >= 15 is 0 Å². The highest BCUT2D eigenvalue weighted by atomic mass is 16.4. The molecule has 0 aromatic heterocycles. The van der Waals surface area contributed by atoms with Gasteiger partial charge < -0.3 is 15.3 Å². The van der Waals surface area contributed by atoms with Crippen molar-refractivity contribution >= 4 is 5.97 Å². The van der Waals surface area contributed by atoms with Gasteiger partial charge in [0.1, 0.15) is 11.5 Å². The molecule has 1 unspecified atom stereocenters. The summed E-state index contributed by atoms with van der Waals surface area (Å²) >= 11 is 0. The van der Waals surface area contributed by atoms with Gasteiger partial charge in [-0.2, -0.15) is 0 Å². The molecule has 0 amide bonds. The Hall–Kier alpha value is -2.49. The average molecular weight is 399 g/mol. The van der Waals surface area contributed by atoms with Gasteiger partial charge in [0.2, 0.25) is 0 Å². The predicted octanol–water partition coefficient (Wildman–Crippen LogP) is 6.25. The molecule has 0 spiro atoms. The summed E-state index contributed by atoms with van der Waals surface area (Å²) in [6.07, 6.45) is 7.06. The molecule has 0 aliphatic heterocycles. The summed E-state index contributed by atoms with van der Waals surface area (Å²) in [6, 6.07) is 14.3. The number of benzene rings is 2. The molecule has 29 heavy (non-hydrogen) atoms. The first-order chi connectivity index (χ1) is 13.9. The fraction of sp³-hybridized carbons (Fsp3) is 0.480. The van der Waals surface area contributed by atoms with Crippen molar-refractivity contribution in [3.63, 3.8) is 0 Å². The van der Waals surface area contributed by atoms with Crippen molar-refractivity contribution in [3.8, 4) is 11.5 Å². The van der Waals surface area contributed by atoms with Crippen LogP contribution in [0.2, 0.25) is 0 Å². The van der Waals surface area contributed by atoms with Gasteiger partial charge in [-0.25, -0.2) is 0 Å². The Bertz CT molecular complexity index is 704. The zero-order valence-electron chi connectivity index (χ0n) is 17.6. The molecular formula is C25H34O4. The van der Waals surface area contributed by atoms with E-state index < -0.39 is 11.4 Å². The summed E-state index contributed by atoms with van der Waals surface area (Å²) in [4.78, 5) is 11.5. The standard InChI is InChI=1S/C25H34O4/c1-3-5-6-19(4-2)15-17-25(18-16-24(28)29,20-7-11-22(26)12-8-20)21-9-13-23(27)14-10-21/h7-14,19,26-27H,3-6,15-18H2,1-2H3,(H,28,29).